The molecule has 0 saturated carbocycles. The number of hydrogen-bond donors (Lipinski definition) is 1. The molecule has 1 aromatic carbocycles. The molecular formula is C13H18ClN3. The van der Waals surface area contributed by atoms with Crippen molar-refractivity contribution in [2.75, 3.05) is 6.54 Å². The highest BCUT2D eigenvalue weighted by Gasteiger charge is 2.14. The summed E-state index contributed by atoms with van der Waals surface area (Å²) < 4.78 is 2.26. The van der Waals surface area contributed by atoms with Crippen LogP contribution in [0.3, 0.4) is 0 Å². The second-order valence-electron chi connectivity index (χ2n) is 4.33. The fourth-order valence-corrected chi connectivity index (χ4v) is 2.26. The van der Waals surface area contributed by atoms with Crippen LogP contribution in [0.4, 0.5) is 0 Å². The molecule has 0 spiro atoms. The van der Waals surface area contributed by atoms with E-state index >= 15 is 0 Å². The van der Waals surface area contributed by atoms with E-state index in [-0.39, 0.29) is 0 Å². The maximum atomic E-state index is 6.06. The zero-order chi connectivity index (χ0) is 12.4. The third-order valence-electron chi connectivity index (χ3n) is 3.12. The highest BCUT2D eigenvalue weighted by Crippen LogP contribution is 2.25. The summed E-state index contributed by atoms with van der Waals surface area (Å²) in [5.41, 5.74) is 7.75. The van der Waals surface area contributed by atoms with Crippen LogP contribution in [0, 0.1) is 0 Å². The first-order valence-electron chi connectivity index (χ1n) is 6.03. The van der Waals surface area contributed by atoms with Crippen LogP contribution in [0.1, 0.15) is 32.1 Å². The topological polar surface area (TPSA) is 43.8 Å². The number of imidazole rings is 1. The number of nitrogens with zero attached hydrogens (tertiary/aromatic N) is 2. The molecule has 4 heteroatoms. The number of benzene rings is 1. The Balaban J connectivity index is 2.64. The fraction of sp³-hybridized carbons (Fsp3) is 0.462. The first-order valence-corrected chi connectivity index (χ1v) is 6.41. The molecule has 1 unspecified atom stereocenters. The SMILES string of the molecule is CCC(C)n1c(CCN)nc2ccc(Cl)cc21. The Labute approximate surface area is 107 Å². The monoisotopic (exact) mass is 251 g/mol. The summed E-state index contributed by atoms with van der Waals surface area (Å²) >= 11 is 6.06. The summed E-state index contributed by atoms with van der Waals surface area (Å²) in [5.74, 6) is 1.05. The molecule has 1 heterocycles. The summed E-state index contributed by atoms with van der Waals surface area (Å²) in [6.07, 6.45) is 1.87. The summed E-state index contributed by atoms with van der Waals surface area (Å²) in [4.78, 5) is 4.64. The van der Waals surface area contributed by atoms with Crippen molar-refractivity contribution < 1.29 is 0 Å². The molecule has 0 fully saturated rings. The van der Waals surface area contributed by atoms with Crippen molar-refractivity contribution in [2.45, 2.75) is 32.7 Å². The van der Waals surface area contributed by atoms with Gasteiger partial charge in [-0.1, -0.05) is 18.5 Å². The van der Waals surface area contributed by atoms with Gasteiger partial charge in [0.05, 0.1) is 11.0 Å². The Hall–Kier alpha value is -1.06. The van der Waals surface area contributed by atoms with Crippen molar-refractivity contribution in [2.24, 2.45) is 5.73 Å². The molecule has 17 heavy (non-hydrogen) atoms. The number of halogens is 1. The van der Waals surface area contributed by atoms with Crippen molar-refractivity contribution in [3.05, 3.63) is 29.0 Å². The molecule has 2 aromatic rings. The van der Waals surface area contributed by atoms with Gasteiger partial charge in [-0.15, -0.1) is 0 Å². The predicted molar refractivity (Wildman–Crippen MR) is 72.5 cm³/mol. The van der Waals surface area contributed by atoms with Crippen LogP contribution in [-0.4, -0.2) is 16.1 Å². The molecule has 0 saturated heterocycles. The van der Waals surface area contributed by atoms with Crippen molar-refractivity contribution in [1.29, 1.82) is 0 Å². The lowest BCUT2D eigenvalue weighted by molar-refractivity contribution is 0.522. The molecule has 0 bridgehead atoms. The molecule has 2 rings (SSSR count). The van der Waals surface area contributed by atoms with Gasteiger partial charge in [0.2, 0.25) is 0 Å². The van der Waals surface area contributed by atoms with Gasteiger partial charge < -0.3 is 10.3 Å². The van der Waals surface area contributed by atoms with E-state index in [1.165, 1.54) is 0 Å². The maximum absolute atomic E-state index is 6.06. The minimum atomic E-state index is 0.417. The standard InChI is InChI=1S/C13H18ClN3/c1-3-9(2)17-12-8-10(14)4-5-11(12)16-13(17)6-7-15/h4-5,8-9H,3,6-7,15H2,1-2H3. The number of nitrogens with two attached hydrogens (primary N) is 1. The Bertz CT molecular complexity index is 519. The van der Waals surface area contributed by atoms with E-state index in [1.54, 1.807) is 0 Å². The van der Waals surface area contributed by atoms with E-state index in [9.17, 15) is 0 Å². The lowest BCUT2D eigenvalue weighted by atomic mass is 10.2. The molecule has 1 aromatic heterocycles. The predicted octanol–water partition coefficient (Wildman–Crippen LogP) is 3.16. The van der Waals surface area contributed by atoms with Crippen LogP contribution in [0.15, 0.2) is 18.2 Å². The van der Waals surface area contributed by atoms with E-state index in [0.29, 0.717) is 12.6 Å². The van der Waals surface area contributed by atoms with Crippen LogP contribution in [0.5, 0.6) is 0 Å². The highest BCUT2D eigenvalue weighted by molar-refractivity contribution is 6.31. The molecule has 2 N–H and O–H groups in total. The second kappa shape index (κ2) is 5.07. The third kappa shape index (κ3) is 2.31. The second-order valence-corrected chi connectivity index (χ2v) is 4.76. The van der Waals surface area contributed by atoms with Gasteiger partial charge >= 0.3 is 0 Å². The molecule has 0 amide bonds. The number of hydrogen-bond acceptors (Lipinski definition) is 2. The van der Waals surface area contributed by atoms with Crippen molar-refractivity contribution in [3.8, 4) is 0 Å². The third-order valence-corrected chi connectivity index (χ3v) is 3.36. The smallest absolute Gasteiger partial charge is 0.111 e. The molecule has 3 nitrogen and oxygen atoms in total. The summed E-state index contributed by atoms with van der Waals surface area (Å²) in [7, 11) is 0. The summed E-state index contributed by atoms with van der Waals surface area (Å²) in [6.45, 7) is 4.99. The fourth-order valence-electron chi connectivity index (χ4n) is 2.10. The zero-order valence-electron chi connectivity index (χ0n) is 10.3. The lowest BCUT2D eigenvalue weighted by Gasteiger charge is -2.15. The first-order chi connectivity index (χ1) is 8.17. The highest BCUT2D eigenvalue weighted by atomic mass is 35.5. The minimum Gasteiger partial charge on any atom is -0.330 e. The van der Waals surface area contributed by atoms with Gasteiger partial charge in [0.1, 0.15) is 5.82 Å². The number of aromatic nitrogens is 2. The van der Waals surface area contributed by atoms with Crippen LogP contribution in [0.25, 0.3) is 11.0 Å². The maximum Gasteiger partial charge on any atom is 0.111 e. The van der Waals surface area contributed by atoms with Gasteiger partial charge in [0, 0.05) is 17.5 Å². The Morgan fingerprint density at radius 2 is 2.24 bits per heavy atom. The van der Waals surface area contributed by atoms with Gasteiger partial charge in [0.15, 0.2) is 0 Å². The zero-order valence-corrected chi connectivity index (χ0v) is 11.0. The Morgan fingerprint density at radius 3 is 2.88 bits per heavy atom. The van der Waals surface area contributed by atoms with Gasteiger partial charge in [-0.05, 0) is 38.1 Å². The first kappa shape index (κ1) is 12.4. The van der Waals surface area contributed by atoms with E-state index in [1.807, 2.05) is 18.2 Å². The van der Waals surface area contributed by atoms with Crippen LogP contribution >= 0.6 is 11.6 Å². The molecule has 0 aliphatic carbocycles. The number of rotatable bonds is 4. The molecule has 1 atom stereocenters. The number of fused-ring (bicyclic) bond motifs is 1. The lowest BCUT2D eigenvalue weighted by Crippen LogP contribution is -2.12. The van der Waals surface area contributed by atoms with Gasteiger partial charge in [-0.25, -0.2) is 4.98 Å². The largest absolute Gasteiger partial charge is 0.330 e. The van der Waals surface area contributed by atoms with Crippen LogP contribution < -0.4 is 5.73 Å². The van der Waals surface area contributed by atoms with Crippen LogP contribution in [-0.2, 0) is 6.42 Å². The van der Waals surface area contributed by atoms with Crippen molar-refractivity contribution in [3.63, 3.8) is 0 Å². The molecule has 0 aliphatic heterocycles. The Morgan fingerprint density at radius 1 is 1.47 bits per heavy atom. The molecule has 92 valence electrons. The van der Waals surface area contributed by atoms with E-state index in [0.717, 1.165) is 34.7 Å². The average Bonchev–Trinajstić information content (AvgIpc) is 2.66. The van der Waals surface area contributed by atoms with Crippen LogP contribution in [0.2, 0.25) is 5.02 Å². The van der Waals surface area contributed by atoms with Crippen molar-refractivity contribution >= 4 is 22.6 Å². The summed E-state index contributed by atoms with van der Waals surface area (Å²) in [5, 5.41) is 0.751. The normalized spacial score (nSPS) is 13.2. The van der Waals surface area contributed by atoms with Gasteiger partial charge in [-0.2, -0.15) is 0 Å². The van der Waals surface area contributed by atoms with Gasteiger partial charge in [-0.3, -0.25) is 0 Å². The Kier molecular flexibility index (Phi) is 3.69. The van der Waals surface area contributed by atoms with Gasteiger partial charge in [0.25, 0.3) is 0 Å². The van der Waals surface area contributed by atoms with E-state index in [2.05, 4.69) is 23.4 Å². The average molecular weight is 252 g/mol. The molecular weight excluding hydrogens is 234 g/mol. The van der Waals surface area contributed by atoms with E-state index in [4.69, 9.17) is 17.3 Å². The van der Waals surface area contributed by atoms with E-state index < -0.39 is 0 Å². The summed E-state index contributed by atoms with van der Waals surface area (Å²) in [6, 6.07) is 6.25. The minimum absolute atomic E-state index is 0.417. The van der Waals surface area contributed by atoms with Crippen molar-refractivity contribution in [1.82, 2.24) is 9.55 Å². The molecule has 0 radical (unpaired) electrons. The quantitative estimate of drug-likeness (QED) is 0.907. The molecule has 0 aliphatic rings.